The van der Waals surface area contributed by atoms with Crippen molar-refractivity contribution in [3.63, 3.8) is 0 Å². The van der Waals surface area contributed by atoms with Crippen LogP contribution >= 0.6 is 0 Å². The molecule has 1 atom stereocenters. The lowest BCUT2D eigenvalue weighted by Gasteiger charge is -2.19. The molecule has 0 aromatic heterocycles. The molecule has 2 aliphatic heterocycles. The Kier molecular flexibility index (Phi) is 2.90. The summed E-state index contributed by atoms with van der Waals surface area (Å²) in [4.78, 5) is 4.24. The summed E-state index contributed by atoms with van der Waals surface area (Å²) in [7, 11) is 0. The molecule has 0 saturated carbocycles. The van der Waals surface area contributed by atoms with Crippen molar-refractivity contribution in [1.82, 2.24) is 5.32 Å². The minimum atomic E-state index is -0.0153. The quantitative estimate of drug-likeness (QED) is 0.836. The zero-order valence-electron chi connectivity index (χ0n) is 11.3. The summed E-state index contributed by atoms with van der Waals surface area (Å²) in [5.74, 6) is 1.06. The van der Waals surface area contributed by atoms with E-state index >= 15 is 0 Å². The third-order valence-electron chi connectivity index (χ3n) is 3.36. The second kappa shape index (κ2) is 4.57. The summed E-state index contributed by atoms with van der Waals surface area (Å²) in [6.07, 6.45) is 5.84. The van der Waals surface area contributed by atoms with Gasteiger partial charge in [0, 0.05) is 23.9 Å². The lowest BCUT2D eigenvalue weighted by Crippen LogP contribution is -2.34. The molecule has 2 heterocycles. The summed E-state index contributed by atoms with van der Waals surface area (Å²) >= 11 is 0. The van der Waals surface area contributed by atoms with Gasteiger partial charge in [-0.2, -0.15) is 0 Å². The zero-order valence-corrected chi connectivity index (χ0v) is 11.3. The van der Waals surface area contributed by atoms with Crippen LogP contribution in [-0.4, -0.2) is 18.4 Å². The van der Waals surface area contributed by atoms with E-state index in [1.54, 1.807) is 0 Å². The Hall–Kier alpha value is -2.03. The summed E-state index contributed by atoms with van der Waals surface area (Å²) in [5, 5.41) is 3.43. The summed E-state index contributed by atoms with van der Waals surface area (Å²) in [5.41, 5.74) is 2.33. The third-order valence-corrected chi connectivity index (χ3v) is 3.36. The molecule has 0 spiro atoms. The highest BCUT2D eigenvalue weighted by Gasteiger charge is 2.31. The summed E-state index contributed by atoms with van der Waals surface area (Å²) in [6.45, 7) is 4.95. The Morgan fingerprint density at radius 1 is 1.26 bits per heavy atom. The van der Waals surface area contributed by atoms with Gasteiger partial charge in [0.1, 0.15) is 6.61 Å². The van der Waals surface area contributed by atoms with Crippen molar-refractivity contribution in [2.45, 2.75) is 25.3 Å². The molecular formula is C16H18N2O. The van der Waals surface area contributed by atoms with E-state index in [-0.39, 0.29) is 11.5 Å². The predicted octanol–water partition coefficient (Wildman–Crippen LogP) is 2.98. The van der Waals surface area contributed by atoms with Gasteiger partial charge in [0.05, 0.1) is 5.54 Å². The van der Waals surface area contributed by atoms with Gasteiger partial charge in [0.2, 0.25) is 0 Å². The van der Waals surface area contributed by atoms with Gasteiger partial charge in [-0.05, 0) is 19.4 Å². The van der Waals surface area contributed by atoms with Crippen molar-refractivity contribution in [3.8, 4) is 0 Å². The summed E-state index contributed by atoms with van der Waals surface area (Å²) in [6, 6.07) is 10.4. The first-order valence-corrected chi connectivity index (χ1v) is 6.56. The fraction of sp³-hybridized carbons (Fsp3) is 0.312. The number of ether oxygens (including phenoxy) is 1. The number of benzene rings is 1. The molecule has 0 bridgehead atoms. The van der Waals surface area contributed by atoms with E-state index in [0.717, 1.165) is 11.5 Å². The molecule has 1 N–H and O–H groups in total. The number of allylic oxidation sites excluding steroid dienone is 2. The van der Waals surface area contributed by atoms with Gasteiger partial charge in [-0.1, -0.05) is 36.4 Å². The molecule has 0 radical (unpaired) electrons. The molecule has 3 rings (SSSR count). The molecule has 1 aromatic carbocycles. The lowest BCUT2D eigenvalue weighted by atomic mass is 9.90. The van der Waals surface area contributed by atoms with Crippen LogP contribution in [0.15, 0.2) is 59.1 Å². The van der Waals surface area contributed by atoms with Crippen molar-refractivity contribution < 1.29 is 4.74 Å². The second-order valence-electron chi connectivity index (χ2n) is 5.59. The zero-order chi connectivity index (χ0) is 13.3. The van der Waals surface area contributed by atoms with Crippen LogP contribution in [0.1, 0.15) is 25.3 Å². The third kappa shape index (κ3) is 2.41. The van der Waals surface area contributed by atoms with Gasteiger partial charge < -0.3 is 10.1 Å². The normalized spacial score (nSPS) is 28.0. The average Bonchev–Trinajstić information content (AvgIpc) is 2.80. The molecule has 2 aliphatic rings. The van der Waals surface area contributed by atoms with E-state index in [1.807, 2.05) is 18.5 Å². The first kappa shape index (κ1) is 12.0. The topological polar surface area (TPSA) is 33.6 Å². The Labute approximate surface area is 113 Å². The van der Waals surface area contributed by atoms with Crippen LogP contribution in [0.5, 0.6) is 0 Å². The molecular weight excluding hydrogens is 236 g/mol. The van der Waals surface area contributed by atoms with E-state index in [4.69, 9.17) is 4.74 Å². The molecule has 1 saturated heterocycles. The van der Waals surface area contributed by atoms with E-state index in [1.165, 1.54) is 5.56 Å². The van der Waals surface area contributed by atoms with Gasteiger partial charge in [-0.25, -0.2) is 0 Å². The predicted molar refractivity (Wildman–Crippen MR) is 77.0 cm³/mol. The smallest absolute Gasteiger partial charge is 0.193 e. The van der Waals surface area contributed by atoms with Crippen LogP contribution in [0, 0.1) is 0 Å². The Balaban J connectivity index is 1.98. The fourth-order valence-electron chi connectivity index (χ4n) is 2.38. The molecule has 98 valence electrons. The number of hydrogen-bond acceptors (Lipinski definition) is 3. The minimum Gasteiger partial charge on any atom is -0.476 e. The van der Waals surface area contributed by atoms with E-state index in [9.17, 15) is 0 Å². The largest absolute Gasteiger partial charge is 0.476 e. The summed E-state index contributed by atoms with van der Waals surface area (Å²) < 4.78 is 5.80. The first-order valence-electron chi connectivity index (χ1n) is 6.56. The van der Waals surface area contributed by atoms with Gasteiger partial charge in [-0.3, -0.25) is 4.99 Å². The van der Waals surface area contributed by atoms with Gasteiger partial charge in [-0.15, -0.1) is 0 Å². The van der Waals surface area contributed by atoms with Crippen molar-refractivity contribution in [2.75, 3.05) is 6.61 Å². The number of hydrogen-bond donors (Lipinski definition) is 1. The highest BCUT2D eigenvalue weighted by atomic mass is 16.5. The first-order chi connectivity index (χ1) is 9.16. The molecule has 3 nitrogen and oxygen atoms in total. The van der Waals surface area contributed by atoms with Gasteiger partial charge >= 0.3 is 0 Å². The second-order valence-corrected chi connectivity index (χ2v) is 5.59. The molecule has 1 unspecified atom stereocenters. The van der Waals surface area contributed by atoms with Crippen molar-refractivity contribution >= 4 is 6.21 Å². The van der Waals surface area contributed by atoms with Crippen LogP contribution in [0.3, 0.4) is 0 Å². The van der Waals surface area contributed by atoms with Crippen molar-refractivity contribution in [3.05, 3.63) is 59.6 Å². The highest BCUT2D eigenvalue weighted by molar-refractivity contribution is 5.84. The maximum Gasteiger partial charge on any atom is 0.193 e. The molecule has 1 fully saturated rings. The van der Waals surface area contributed by atoms with E-state index in [0.29, 0.717) is 6.61 Å². The number of nitrogens with zero attached hydrogens (tertiary/aromatic N) is 1. The van der Waals surface area contributed by atoms with Crippen LogP contribution in [0.25, 0.3) is 0 Å². The molecule has 3 heteroatoms. The molecule has 0 amide bonds. The van der Waals surface area contributed by atoms with Crippen LogP contribution < -0.4 is 5.32 Å². The molecule has 19 heavy (non-hydrogen) atoms. The van der Waals surface area contributed by atoms with Gasteiger partial charge in [0.15, 0.2) is 5.88 Å². The fourth-order valence-corrected chi connectivity index (χ4v) is 2.38. The van der Waals surface area contributed by atoms with Crippen molar-refractivity contribution in [1.29, 1.82) is 0 Å². The Morgan fingerprint density at radius 2 is 2.05 bits per heavy atom. The Bertz CT molecular complexity index is 555. The molecule has 0 aliphatic carbocycles. The van der Waals surface area contributed by atoms with E-state index < -0.39 is 0 Å². The van der Waals surface area contributed by atoms with Crippen molar-refractivity contribution in [2.24, 2.45) is 4.99 Å². The number of rotatable bonds is 1. The maximum atomic E-state index is 5.80. The SMILES string of the molecule is CC1(C)CO/C(=C2\C=NC=CC2c2ccccc2)N1. The molecule has 1 aromatic rings. The standard InChI is InChI=1S/C16H18N2O/c1-16(2)11-19-15(18-16)14-10-17-9-8-13(14)12-6-4-3-5-7-12/h3-10,13,18H,11H2,1-2H3/b15-14+. The van der Waals surface area contributed by atoms with E-state index in [2.05, 4.69) is 54.5 Å². The monoisotopic (exact) mass is 254 g/mol. The number of nitrogens with one attached hydrogen (secondary N) is 1. The highest BCUT2D eigenvalue weighted by Crippen LogP contribution is 2.31. The maximum absolute atomic E-state index is 5.80. The Morgan fingerprint density at radius 3 is 2.74 bits per heavy atom. The van der Waals surface area contributed by atoms with Crippen LogP contribution in [-0.2, 0) is 4.74 Å². The lowest BCUT2D eigenvalue weighted by molar-refractivity contribution is 0.234. The van der Waals surface area contributed by atoms with Gasteiger partial charge in [0.25, 0.3) is 0 Å². The number of aliphatic imine (C=N–C) groups is 1. The van der Waals surface area contributed by atoms with Crippen LogP contribution in [0.4, 0.5) is 0 Å². The van der Waals surface area contributed by atoms with Crippen LogP contribution in [0.2, 0.25) is 0 Å². The average molecular weight is 254 g/mol. The minimum absolute atomic E-state index is 0.0153.